The predicted molar refractivity (Wildman–Crippen MR) is 87.8 cm³/mol. The molecule has 0 bridgehead atoms. The van der Waals surface area contributed by atoms with Crippen LogP contribution in [0.4, 0.5) is 5.69 Å². The summed E-state index contributed by atoms with van der Waals surface area (Å²) >= 11 is 5.90. The van der Waals surface area contributed by atoms with Gasteiger partial charge in [-0.15, -0.1) is 0 Å². The maximum Gasteiger partial charge on any atom is 0.232 e. The van der Waals surface area contributed by atoms with Gasteiger partial charge >= 0.3 is 0 Å². The molecular formula is C14H23ClN2O3S. The lowest BCUT2D eigenvalue weighted by Crippen LogP contribution is -2.24. The van der Waals surface area contributed by atoms with Crippen molar-refractivity contribution in [2.45, 2.75) is 32.7 Å². The van der Waals surface area contributed by atoms with Crippen molar-refractivity contribution in [3.63, 3.8) is 0 Å². The van der Waals surface area contributed by atoms with E-state index >= 15 is 0 Å². The zero-order valence-electron chi connectivity index (χ0n) is 12.6. The van der Waals surface area contributed by atoms with E-state index < -0.39 is 10.0 Å². The van der Waals surface area contributed by atoms with Crippen molar-refractivity contribution in [2.75, 3.05) is 24.1 Å². The van der Waals surface area contributed by atoms with E-state index in [4.69, 9.17) is 16.3 Å². The van der Waals surface area contributed by atoms with Gasteiger partial charge in [-0.3, -0.25) is 4.72 Å². The molecule has 5 nitrogen and oxygen atoms in total. The van der Waals surface area contributed by atoms with Gasteiger partial charge in [-0.1, -0.05) is 25.4 Å². The van der Waals surface area contributed by atoms with Gasteiger partial charge < -0.3 is 10.1 Å². The zero-order chi connectivity index (χ0) is 15.9. The second kappa shape index (κ2) is 8.46. The Morgan fingerprint density at radius 2 is 2.00 bits per heavy atom. The smallest absolute Gasteiger partial charge is 0.232 e. The molecule has 7 heteroatoms. The van der Waals surface area contributed by atoms with E-state index in [0.717, 1.165) is 13.0 Å². The minimum Gasteiger partial charge on any atom is -0.495 e. The summed E-state index contributed by atoms with van der Waals surface area (Å²) in [7, 11) is -1.86. The maximum absolute atomic E-state index is 12.0. The normalized spacial score (nSPS) is 11.7. The molecule has 1 aromatic carbocycles. The number of hydrogen-bond donors (Lipinski definition) is 2. The SMILES string of the molecule is COc1cc(NS(=O)(=O)CCCCNC(C)C)ccc1Cl. The summed E-state index contributed by atoms with van der Waals surface area (Å²) in [6.45, 7) is 4.94. The lowest BCUT2D eigenvalue weighted by Gasteiger charge is -2.11. The van der Waals surface area contributed by atoms with Crippen LogP contribution >= 0.6 is 11.6 Å². The molecule has 2 N–H and O–H groups in total. The molecular weight excluding hydrogens is 312 g/mol. The summed E-state index contributed by atoms with van der Waals surface area (Å²) in [5, 5.41) is 3.70. The van der Waals surface area contributed by atoms with Gasteiger partial charge in [0.15, 0.2) is 0 Å². The third kappa shape index (κ3) is 7.02. The Kier molecular flexibility index (Phi) is 7.28. The number of methoxy groups -OCH3 is 1. The zero-order valence-corrected chi connectivity index (χ0v) is 14.2. The average molecular weight is 335 g/mol. The second-order valence-electron chi connectivity index (χ2n) is 5.09. The maximum atomic E-state index is 12.0. The fraction of sp³-hybridized carbons (Fsp3) is 0.571. The van der Waals surface area contributed by atoms with Crippen molar-refractivity contribution in [3.8, 4) is 5.75 Å². The van der Waals surface area contributed by atoms with Crippen molar-refractivity contribution < 1.29 is 13.2 Å². The van der Waals surface area contributed by atoms with Crippen molar-refractivity contribution in [1.29, 1.82) is 0 Å². The van der Waals surface area contributed by atoms with Crippen LogP contribution in [0.1, 0.15) is 26.7 Å². The lowest BCUT2D eigenvalue weighted by atomic mass is 10.3. The third-order valence-corrected chi connectivity index (χ3v) is 4.50. The Bertz CT molecular complexity index is 547. The van der Waals surface area contributed by atoms with Crippen molar-refractivity contribution in [2.24, 2.45) is 0 Å². The van der Waals surface area contributed by atoms with Crippen molar-refractivity contribution in [1.82, 2.24) is 5.32 Å². The van der Waals surface area contributed by atoms with E-state index in [1.54, 1.807) is 18.2 Å². The van der Waals surface area contributed by atoms with Gasteiger partial charge in [-0.2, -0.15) is 0 Å². The highest BCUT2D eigenvalue weighted by atomic mass is 35.5. The Morgan fingerprint density at radius 3 is 2.62 bits per heavy atom. The van der Waals surface area contributed by atoms with Gasteiger partial charge in [0.2, 0.25) is 10.0 Å². The topological polar surface area (TPSA) is 67.4 Å². The van der Waals surface area contributed by atoms with Crippen LogP contribution in [0.3, 0.4) is 0 Å². The molecule has 0 amide bonds. The number of nitrogens with one attached hydrogen (secondary N) is 2. The third-order valence-electron chi connectivity index (χ3n) is 2.82. The van der Waals surface area contributed by atoms with E-state index in [-0.39, 0.29) is 5.75 Å². The molecule has 21 heavy (non-hydrogen) atoms. The number of sulfonamides is 1. The number of anilines is 1. The average Bonchev–Trinajstić information content (AvgIpc) is 2.39. The first-order valence-corrected chi connectivity index (χ1v) is 8.94. The molecule has 0 aliphatic carbocycles. The van der Waals surface area contributed by atoms with Crippen LogP contribution in [-0.4, -0.2) is 33.9 Å². The van der Waals surface area contributed by atoms with Crippen molar-refractivity contribution in [3.05, 3.63) is 23.2 Å². The predicted octanol–water partition coefficient (Wildman–Crippen LogP) is 2.87. The molecule has 1 aromatic rings. The molecule has 120 valence electrons. The van der Waals surface area contributed by atoms with E-state index in [1.165, 1.54) is 7.11 Å². The van der Waals surface area contributed by atoms with Gasteiger partial charge in [-0.05, 0) is 31.5 Å². The van der Waals surface area contributed by atoms with Gasteiger partial charge in [0.05, 0.1) is 23.6 Å². The minimum absolute atomic E-state index is 0.0950. The molecule has 0 spiro atoms. The molecule has 0 aliphatic rings. The highest BCUT2D eigenvalue weighted by Crippen LogP contribution is 2.27. The van der Waals surface area contributed by atoms with Crippen LogP contribution in [0, 0.1) is 0 Å². The summed E-state index contributed by atoms with van der Waals surface area (Å²) in [5.41, 5.74) is 0.455. The van der Waals surface area contributed by atoms with Crippen LogP contribution in [0.25, 0.3) is 0 Å². The number of ether oxygens (including phenoxy) is 1. The largest absolute Gasteiger partial charge is 0.495 e. The van der Waals surface area contributed by atoms with Crippen molar-refractivity contribution >= 4 is 27.3 Å². The molecule has 0 radical (unpaired) electrons. The number of unbranched alkanes of at least 4 members (excludes halogenated alkanes) is 1. The fourth-order valence-corrected chi connectivity index (χ4v) is 3.13. The van der Waals surface area contributed by atoms with Gasteiger partial charge in [0.25, 0.3) is 0 Å². The van der Waals surface area contributed by atoms with Gasteiger partial charge in [-0.25, -0.2) is 8.42 Å². The first-order valence-electron chi connectivity index (χ1n) is 6.91. The molecule has 0 heterocycles. The first kappa shape index (κ1) is 18.1. The molecule has 0 aromatic heterocycles. The summed E-state index contributed by atoms with van der Waals surface area (Å²) in [4.78, 5) is 0. The van der Waals surface area contributed by atoms with Crippen LogP contribution in [-0.2, 0) is 10.0 Å². The molecule has 1 rings (SSSR count). The number of hydrogen-bond acceptors (Lipinski definition) is 4. The van der Waals surface area contributed by atoms with E-state index in [1.807, 2.05) is 0 Å². The van der Waals surface area contributed by atoms with Gasteiger partial charge in [0, 0.05) is 12.1 Å². The summed E-state index contributed by atoms with van der Waals surface area (Å²) in [5.74, 6) is 0.538. The summed E-state index contributed by atoms with van der Waals surface area (Å²) < 4.78 is 31.5. The highest BCUT2D eigenvalue weighted by Gasteiger charge is 2.11. The molecule has 0 unspecified atom stereocenters. The Morgan fingerprint density at radius 1 is 1.29 bits per heavy atom. The minimum atomic E-state index is -3.35. The Balaban J connectivity index is 2.49. The van der Waals surface area contributed by atoms with Crippen LogP contribution in [0.2, 0.25) is 5.02 Å². The molecule has 0 fully saturated rings. The summed E-state index contributed by atoms with van der Waals surface area (Å²) in [6.07, 6.45) is 1.43. The highest BCUT2D eigenvalue weighted by molar-refractivity contribution is 7.92. The number of rotatable bonds is 9. The van der Waals surface area contributed by atoms with Crippen LogP contribution in [0.5, 0.6) is 5.75 Å². The Labute approximate surface area is 132 Å². The summed E-state index contributed by atoms with van der Waals surface area (Å²) in [6, 6.07) is 5.20. The quantitative estimate of drug-likeness (QED) is 0.681. The molecule has 0 saturated carbocycles. The van der Waals surface area contributed by atoms with E-state index in [0.29, 0.717) is 28.9 Å². The monoisotopic (exact) mass is 334 g/mol. The molecule has 0 saturated heterocycles. The molecule has 0 atom stereocenters. The molecule has 0 aliphatic heterocycles. The van der Waals surface area contributed by atoms with E-state index in [2.05, 4.69) is 23.9 Å². The second-order valence-corrected chi connectivity index (χ2v) is 7.34. The van der Waals surface area contributed by atoms with Crippen LogP contribution in [0.15, 0.2) is 18.2 Å². The van der Waals surface area contributed by atoms with Crippen LogP contribution < -0.4 is 14.8 Å². The Hall–Kier alpha value is -0.980. The fourth-order valence-electron chi connectivity index (χ4n) is 1.76. The first-order chi connectivity index (χ1) is 9.84. The standard InChI is InChI=1S/C14H23ClN2O3S/c1-11(2)16-8-4-5-9-21(18,19)17-12-6-7-13(15)14(10-12)20-3/h6-7,10-11,16-17H,4-5,8-9H2,1-3H3. The number of halogens is 1. The number of benzene rings is 1. The van der Waals surface area contributed by atoms with E-state index in [9.17, 15) is 8.42 Å². The van der Waals surface area contributed by atoms with Gasteiger partial charge in [0.1, 0.15) is 5.75 Å². The lowest BCUT2D eigenvalue weighted by molar-refractivity contribution is 0.415.